The lowest BCUT2D eigenvalue weighted by atomic mass is 10.0. The van der Waals surface area contributed by atoms with E-state index in [0.29, 0.717) is 18.7 Å². The monoisotopic (exact) mass is 266 g/mol. The van der Waals surface area contributed by atoms with E-state index in [-0.39, 0.29) is 17.8 Å². The first-order valence-electron chi connectivity index (χ1n) is 6.97. The van der Waals surface area contributed by atoms with Crippen molar-refractivity contribution < 1.29 is 18.8 Å². The highest BCUT2D eigenvalue weighted by molar-refractivity contribution is 5.74. The predicted octanol–water partition coefficient (Wildman–Crippen LogP) is 1.33. The maximum Gasteiger partial charge on any atom is 0.364 e. The summed E-state index contributed by atoms with van der Waals surface area (Å²) in [6.45, 7) is 3.67. The third-order valence-corrected chi connectivity index (χ3v) is 3.68. The lowest BCUT2D eigenvalue weighted by molar-refractivity contribution is -0.935. The molecule has 0 aromatic heterocycles. The molecule has 4 heteroatoms. The van der Waals surface area contributed by atoms with Crippen LogP contribution < -0.4 is 4.90 Å². The highest BCUT2D eigenvalue weighted by Crippen LogP contribution is 2.09. The van der Waals surface area contributed by atoms with E-state index in [9.17, 15) is 9.18 Å². The summed E-state index contributed by atoms with van der Waals surface area (Å²) in [6.07, 6.45) is 2.96. The van der Waals surface area contributed by atoms with Gasteiger partial charge in [-0.3, -0.25) is 0 Å². The van der Waals surface area contributed by atoms with E-state index in [1.165, 1.54) is 6.07 Å². The molecule has 0 spiro atoms. The number of hydrogen-bond donors (Lipinski definition) is 1. The number of carbonyl (C=O) groups excluding carboxylic acids is 1. The minimum atomic E-state index is -0.191. The number of rotatable bonds is 4. The Morgan fingerprint density at radius 1 is 1.42 bits per heavy atom. The first-order chi connectivity index (χ1) is 9.22. The van der Waals surface area contributed by atoms with Crippen molar-refractivity contribution in [3.05, 3.63) is 35.6 Å². The molecule has 0 aliphatic carbocycles. The van der Waals surface area contributed by atoms with Gasteiger partial charge in [-0.2, -0.15) is 0 Å². The van der Waals surface area contributed by atoms with Gasteiger partial charge in [0.25, 0.3) is 0 Å². The molecule has 1 unspecified atom stereocenters. The van der Waals surface area contributed by atoms with Gasteiger partial charge in [-0.05, 0) is 25.8 Å². The molecular formula is C15H21FNO2+. The number of halogens is 1. The van der Waals surface area contributed by atoms with E-state index in [2.05, 4.69) is 0 Å². The minimum absolute atomic E-state index is 0.145. The molecule has 1 aliphatic heterocycles. The highest BCUT2D eigenvalue weighted by atomic mass is 19.1. The van der Waals surface area contributed by atoms with Crippen LogP contribution in [-0.2, 0) is 16.1 Å². The number of nitrogens with one attached hydrogen (secondary N) is 1. The van der Waals surface area contributed by atoms with E-state index < -0.39 is 0 Å². The van der Waals surface area contributed by atoms with Crippen LogP contribution in [0.4, 0.5) is 4.39 Å². The maximum absolute atomic E-state index is 13.7. The largest absolute Gasteiger partial charge is 0.462 e. The standard InChI is InChI=1S/C15H20FNO2/c1-2-19-15(18)14-9-5-6-10-17(14)11-12-7-3-4-8-13(12)16/h3-4,7-8,14H,2,5-6,9-11H2,1H3/p+1/t14-/m1/s1. The molecule has 1 aromatic carbocycles. The molecule has 19 heavy (non-hydrogen) atoms. The Bertz CT molecular complexity index is 436. The normalized spacial score (nSPS) is 23.1. The lowest BCUT2D eigenvalue weighted by Crippen LogP contribution is -3.16. The zero-order chi connectivity index (χ0) is 13.7. The van der Waals surface area contributed by atoms with Gasteiger partial charge in [-0.15, -0.1) is 0 Å². The molecule has 1 heterocycles. The van der Waals surface area contributed by atoms with Crippen LogP contribution in [0.3, 0.4) is 0 Å². The van der Waals surface area contributed by atoms with Gasteiger partial charge in [-0.25, -0.2) is 9.18 Å². The summed E-state index contributed by atoms with van der Waals surface area (Å²) in [7, 11) is 0. The van der Waals surface area contributed by atoms with Crippen molar-refractivity contribution in [2.75, 3.05) is 13.2 Å². The molecule has 0 radical (unpaired) electrons. The van der Waals surface area contributed by atoms with Crippen molar-refractivity contribution in [1.29, 1.82) is 0 Å². The molecule has 2 rings (SSSR count). The fraction of sp³-hybridized carbons (Fsp3) is 0.533. The SMILES string of the molecule is CCOC(=O)[C@H]1CCCC[NH+]1Cc1ccccc1F. The Kier molecular flexibility index (Phi) is 4.91. The van der Waals surface area contributed by atoms with Crippen LogP contribution in [0, 0.1) is 5.82 Å². The van der Waals surface area contributed by atoms with Crippen LogP contribution in [-0.4, -0.2) is 25.2 Å². The number of ether oxygens (including phenoxy) is 1. The summed E-state index contributed by atoms with van der Waals surface area (Å²) in [6, 6.07) is 6.64. The smallest absolute Gasteiger partial charge is 0.364 e. The summed E-state index contributed by atoms with van der Waals surface area (Å²) < 4.78 is 18.8. The Balaban J connectivity index is 2.07. The van der Waals surface area contributed by atoms with Gasteiger partial charge in [0.05, 0.1) is 13.2 Å². The molecule has 1 aliphatic rings. The van der Waals surface area contributed by atoms with E-state index in [4.69, 9.17) is 4.74 Å². The molecule has 1 saturated heterocycles. The van der Waals surface area contributed by atoms with Crippen LogP contribution in [0.2, 0.25) is 0 Å². The van der Waals surface area contributed by atoms with Gasteiger partial charge in [-0.1, -0.05) is 18.2 Å². The number of carbonyl (C=O) groups is 1. The summed E-state index contributed by atoms with van der Waals surface area (Å²) in [5.74, 6) is -0.336. The van der Waals surface area contributed by atoms with Crippen molar-refractivity contribution in [3.63, 3.8) is 0 Å². The molecule has 2 atom stereocenters. The second kappa shape index (κ2) is 6.66. The summed E-state index contributed by atoms with van der Waals surface area (Å²) in [5.41, 5.74) is 0.675. The van der Waals surface area contributed by atoms with Crippen LogP contribution in [0.15, 0.2) is 24.3 Å². The predicted molar refractivity (Wildman–Crippen MR) is 70.2 cm³/mol. The average Bonchev–Trinajstić information content (AvgIpc) is 2.42. The van der Waals surface area contributed by atoms with Gasteiger partial charge in [0.2, 0.25) is 0 Å². The third kappa shape index (κ3) is 3.53. The Hall–Kier alpha value is -1.42. The lowest BCUT2D eigenvalue weighted by Gasteiger charge is -2.31. The summed E-state index contributed by atoms with van der Waals surface area (Å²) in [4.78, 5) is 13.1. The van der Waals surface area contributed by atoms with Crippen molar-refractivity contribution in [2.45, 2.75) is 38.8 Å². The Morgan fingerprint density at radius 2 is 2.21 bits per heavy atom. The highest BCUT2D eigenvalue weighted by Gasteiger charge is 2.33. The van der Waals surface area contributed by atoms with Crippen LogP contribution in [0.5, 0.6) is 0 Å². The molecule has 1 fully saturated rings. The van der Waals surface area contributed by atoms with E-state index in [0.717, 1.165) is 30.7 Å². The summed E-state index contributed by atoms with van der Waals surface area (Å²) in [5, 5.41) is 0. The van der Waals surface area contributed by atoms with Gasteiger partial charge in [0.1, 0.15) is 12.4 Å². The topological polar surface area (TPSA) is 30.7 Å². The second-order valence-corrected chi connectivity index (χ2v) is 4.98. The Labute approximate surface area is 113 Å². The summed E-state index contributed by atoms with van der Waals surface area (Å²) >= 11 is 0. The zero-order valence-corrected chi connectivity index (χ0v) is 11.3. The molecule has 3 nitrogen and oxygen atoms in total. The number of hydrogen-bond acceptors (Lipinski definition) is 2. The molecule has 0 amide bonds. The second-order valence-electron chi connectivity index (χ2n) is 4.98. The molecule has 104 valence electrons. The number of esters is 1. The maximum atomic E-state index is 13.7. The number of piperidine rings is 1. The van der Waals surface area contributed by atoms with Crippen molar-refractivity contribution in [1.82, 2.24) is 0 Å². The molecular weight excluding hydrogens is 245 g/mol. The van der Waals surface area contributed by atoms with Crippen LogP contribution in [0.1, 0.15) is 31.7 Å². The number of benzene rings is 1. The molecule has 1 N–H and O–H groups in total. The quantitative estimate of drug-likeness (QED) is 0.833. The van der Waals surface area contributed by atoms with Gasteiger partial charge in [0.15, 0.2) is 6.04 Å². The molecule has 0 bridgehead atoms. The van der Waals surface area contributed by atoms with E-state index >= 15 is 0 Å². The van der Waals surface area contributed by atoms with Gasteiger partial charge < -0.3 is 9.64 Å². The number of quaternary nitrogens is 1. The molecule has 0 saturated carbocycles. The first-order valence-corrected chi connectivity index (χ1v) is 6.97. The fourth-order valence-corrected chi connectivity index (χ4v) is 2.70. The Morgan fingerprint density at radius 3 is 2.95 bits per heavy atom. The number of likely N-dealkylation sites (tertiary alicyclic amines) is 1. The zero-order valence-electron chi connectivity index (χ0n) is 11.3. The van der Waals surface area contributed by atoms with Crippen molar-refractivity contribution in [3.8, 4) is 0 Å². The van der Waals surface area contributed by atoms with E-state index in [1.54, 1.807) is 12.1 Å². The van der Waals surface area contributed by atoms with Gasteiger partial charge in [0, 0.05) is 12.0 Å². The minimum Gasteiger partial charge on any atom is -0.462 e. The van der Waals surface area contributed by atoms with Gasteiger partial charge >= 0.3 is 5.97 Å². The van der Waals surface area contributed by atoms with Crippen LogP contribution in [0.25, 0.3) is 0 Å². The fourth-order valence-electron chi connectivity index (χ4n) is 2.70. The van der Waals surface area contributed by atoms with Crippen molar-refractivity contribution in [2.24, 2.45) is 0 Å². The first kappa shape index (κ1) is 14.0. The van der Waals surface area contributed by atoms with Crippen LogP contribution >= 0.6 is 0 Å². The third-order valence-electron chi connectivity index (χ3n) is 3.68. The average molecular weight is 266 g/mol. The van der Waals surface area contributed by atoms with Crippen molar-refractivity contribution >= 4 is 5.97 Å². The van der Waals surface area contributed by atoms with E-state index in [1.807, 2.05) is 13.0 Å². The molecule has 1 aromatic rings.